The number of nitrogens with zero attached hydrogens (tertiary/aromatic N) is 3. The minimum atomic E-state index is -0.0426. The van der Waals surface area contributed by atoms with Crippen LogP contribution in [0.5, 0.6) is 0 Å². The Labute approximate surface area is 155 Å². The summed E-state index contributed by atoms with van der Waals surface area (Å²) < 4.78 is 0. The first-order valence-electron chi connectivity index (χ1n) is 7.86. The summed E-state index contributed by atoms with van der Waals surface area (Å²) in [6, 6.07) is 7.78. The molecule has 0 aliphatic carbocycles. The standard InChI is InChI=1S/C18H20N4OS2/c1-11-12(2)25-18-16(11)17(19-10-20-18)24-9-15(23)21-13-5-7-14(8-6-13)22(3)4/h5-8,10H,9H2,1-4H3,(H,21,23). The molecule has 25 heavy (non-hydrogen) atoms. The average Bonchev–Trinajstić information content (AvgIpc) is 2.88. The SMILES string of the molecule is Cc1sc2ncnc(SCC(=O)Nc3ccc(N(C)C)cc3)c2c1C. The Morgan fingerprint density at radius 1 is 1.20 bits per heavy atom. The van der Waals surface area contributed by atoms with Gasteiger partial charge in [-0.3, -0.25) is 4.79 Å². The number of hydrogen-bond acceptors (Lipinski definition) is 6. The maximum Gasteiger partial charge on any atom is 0.234 e. The number of carbonyl (C=O) groups excluding carboxylic acids is 1. The summed E-state index contributed by atoms with van der Waals surface area (Å²) >= 11 is 3.11. The van der Waals surface area contributed by atoms with E-state index in [-0.39, 0.29) is 5.91 Å². The van der Waals surface area contributed by atoms with Crippen molar-refractivity contribution in [3.05, 3.63) is 41.0 Å². The van der Waals surface area contributed by atoms with Crippen molar-refractivity contribution in [3.8, 4) is 0 Å². The number of rotatable bonds is 5. The van der Waals surface area contributed by atoms with Gasteiger partial charge in [-0.25, -0.2) is 9.97 Å². The first-order valence-corrected chi connectivity index (χ1v) is 9.66. The van der Waals surface area contributed by atoms with Crippen LogP contribution >= 0.6 is 23.1 Å². The topological polar surface area (TPSA) is 58.1 Å². The molecule has 7 heteroatoms. The van der Waals surface area contributed by atoms with Crippen LogP contribution in [0.15, 0.2) is 35.6 Å². The Balaban J connectivity index is 1.66. The van der Waals surface area contributed by atoms with Crippen LogP contribution in [-0.2, 0) is 4.79 Å². The number of anilines is 2. The molecule has 1 N–H and O–H groups in total. The van der Waals surface area contributed by atoms with Gasteiger partial charge >= 0.3 is 0 Å². The lowest BCUT2D eigenvalue weighted by Gasteiger charge is -2.13. The predicted octanol–water partition coefficient (Wildman–Crippen LogP) is 4.10. The van der Waals surface area contributed by atoms with Crippen molar-refractivity contribution in [3.63, 3.8) is 0 Å². The van der Waals surface area contributed by atoms with Gasteiger partial charge in [0, 0.05) is 35.7 Å². The Morgan fingerprint density at radius 3 is 2.60 bits per heavy atom. The highest BCUT2D eigenvalue weighted by molar-refractivity contribution is 8.00. The maximum atomic E-state index is 12.2. The van der Waals surface area contributed by atoms with E-state index in [1.54, 1.807) is 17.7 Å². The van der Waals surface area contributed by atoms with Crippen LogP contribution in [0.1, 0.15) is 10.4 Å². The lowest BCUT2D eigenvalue weighted by atomic mass is 10.2. The van der Waals surface area contributed by atoms with Gasteiger partial charge < -0.3 is 10.2 Å². The molecule has 0 unspecified atom stereocenters. The predicted molar refractivity (Wildman–Crippen MR) is 107 cm³/mol. The third-order valence-electron chi connectivity index (χ3n) is 3.94. The molecule has 3 aromatic rings. The lowest BCUT2D eigenvalue weighted by Crippen LogP contribution is -2.14. The number of fused-ring (bicyclic) bond motifs is 1. The second kappa shape index (κ2) is 7.41. The largest absolute Gasteiger partial charge is 0.378 e. The Kier molecular flexibility index (Phi) is 5.24. The molecule has 0 atom stereocenters. The number of carbonyl (C=O) groups is 1. The lowest BCUT2D eigenvalue weighted by molar-refractivity contribution is -0.113. The molecule has 0 fully saturated rings. The van der Waals surface area contributed by atoms with Gasteiger partial charge in [-0.2, -0.15) is 0 Å². The zero-order chi connectivity index (χ0) is 18.0. The molecule has 2 heterocycles. The minimum Gasteiger partial charge on any atom is -0.378 e. The fourth-order valence-electron chi connectivity index (χ4n) is 2.43. The number of benzene rings is 1. The third-order valence-corrected chi connectivity index (χ3v) is 6.04. The number of hydrogen-bond donors (Lipinski definition) is 1. The van der Waals surface area contributed by atoms with Crippen molar-refractivity contribution in [1.29, 1.82) is 0 Å². The number of thioether (sulfide) groups is 1. The van der Waals surface area contributed by atoms with E-state index >= 15 is 0 Å². The smallest absolute Gasteiger partial charge is 0.234 e. The molecule has 0 radical (unpaired) electrons. The maximum absolute atomic E-state index is 12.2. The fraction of sp³-hybridized carbons (Fsp3) is 0.278. The molecule has 0 spiro atoms. The minimum absolute atomic E-state index is 0.0426. The molecule has 3 rings (SSSR count). The van der Waals surface area contributed by atoms with Crippen LogP contribution in [-0.4, -0.2) is 35.7 Å². The van der Waals surface area contributed by atoms with E-state index in [1.807, 2.05) is 43.3 Å². The zero-order valence-corrected chi connectivity index (χ0v) is 16.3. The quantitative estimate of drug-likeness (QED) is 0.540. The van der Waals surface area contributed by atoms with Gasteiger partial charge in [0.2, 0.25) is 5.91 Å². The molecule has 130 valence electrons. The molecule has 0 aliphatic rings. The fourth-order valence-corrected chi connectivity index (χ4v) is 4.35. The van der Waals surface area contributed by atoms with Crippen LogP contribution in [0.3, 0.4) is 0 Å². The Bertz CT molecular complexity index is 903. The second-order valence-corrected chi connectivity index (χ2v) is 8.09. The number of thiophene rings is 1. The van der Waals surface area contributed by atoms with E-state index in [2.05, 4.69) is 29.1 Å². The van der Waals surface area contributed by atoms with E-state index in [1.165, 1.54) is 22.2 Å². The van der Waals surface area contributed by atoms with Gasteiger partial charge in [0.1, 0.15) is 16.2 Å². The Hall–Kier alpha value is -2.12. The molecule has 1 amide bonds. The van der Waals surface area contributed by atoms with Crippen LogP contribution in [0.25, 0.3) is 10.2 Å². The summed E-state index contributed by atoms with van der Waals surface area (Å²) in [5.74, 6) is 0.273. The molecule has 2 aromatic heterocycles. The third kappa shape index (κ3) is 3.93. The van der Waals surface area contributed by atoms with Gasteiger partial charge in [0.05, 0.1) is 5.75 Å². The molecule has 5 nitrogen and oxygen atoms in total. The van der Waals surface area contributed by atoms with Crippen molar-refractivity contribution < 1.29 is 4.79 Å². The van der Waals surface area contributed by atoms with Gasteiger partial charge in [0.25, 0.3) is 0 Å². The van der Waals surface area contributed by atoms with Crippen LogP contribution in [0, 0.1) is 13.8 Å². The molecule has 0 saturated heterocycles. The highest BCUT2D eigenvalue weighted by Gasteiger charge is 2.13. The average molecular weight is 373 g/mol. The van der Waals surface area contributed by atoms with E-state index in [9.17, 15) is 4.79 Å². The van der Waals surface area contributed by atoms with Gasteiger partial charge in [-0.1, -0.05) is 11.8 Å². The molecule has 0 aliphatic heterocycles. The molecular weight excluding hydrogens is 352 g/mol. The van der Waals surface area contributed by atoms with Gasteiger partial charge in [-0.05, 0) is 43.7 Å². The highest BCUT2D eigenvalue weighted by Crippen LogP contribution is 2.34. The van der Waals surface area contributed by atoms with Crippen molar-refractivity contribution in [1.82, 2.24) is 9.97 Å². The van der Waals surface area contributed by atoms with Crippen molar-refractivity contribution in [2.75, 3.05) is 30.1 Å². The number of aromatic nitrogens is 2. The molecule has 0 saturated carbocycles. The van der Waals surface area contributed by atoms with Gasteiger partial charge in [0.15, 0.2) is 0 Å². The summed E-state index contributed by atoms with van der Waals surface area (Å²) in [5, 5.41) is 4.86. The van der Waals surface area contributed by atoms with Crippen molar-refractivity contribution in [2.45, 2.75) is 18.9 Å². The summed E-state index contributed by atoms with van der Waals surface area (Å²) in [5.41, 5.74) is 3.09. The summed E-state index contributed by atoms with van der Waals surface area (Å²) in [6.45, 7) is 4.16. The van der Waals surface area contributed by atoms with E-state index in [0.29, 0.717) is 5.75 Å². The van der Waals surface area contributed by atoms with E-state index < -0.39 is 0 Å². The zero-order valence-electron chi connectivity index (χ0n) is 14.7. The van der Waals surface area contributed by atoms with Crippen LogP contribution < -0.4 is 10.2 Å². The highest BCUT2D eigenvalue weighted by atomic mass is 32.2. The second-order valence-electron chi connectivity index (χ2n) is 5.92. The van der Waals surface area contributed by atoms with Crippen LogP contribution in [0.2, 0.25) is 0 Å². The van der Waals surface area contributed by atoms with Crippen LogP contribution in [0.4, 0.5) is 11.4 Å². The molecular formula is C18H20N4OS2. The molecule has 0 bridgehead atoms. The first-order chi connectivity index (χ1) is 12.0. The van der Waals surface area contributed by atoms with Crippen molar-refractivity contribution in [2.24, 2.45) is 0 Å². The summed E-state index contributed by atoms with van der Waals surface area (Å²) in [4.78, 5) is 25.2. The Morgan fingerprint density at radius 2 is 1.92 bits per heavy atom. The number of amides is 1. The monoisotopic (exact) mass is 372 g/mol. The number of nitrogens with one attached hydrogen (secondary N) is 1. The first kappa shape index (κ1) is 17.7. The molecule has 1 aromatic carbocycles. The summed E-state index contributed by atoms with van der Waals surface area (Å²) in [6.07, 6.45) is 1.57. The van der Waals surface area contributed by atoms with E-state index in [4.69, 9.17) is 0 Å². The summed E-state index contributed by atoms with van der Waals surface area (Å²) in [7, 11) is 3.97. The van der Waals surface area contributed by atoms with Crippen molar-refractivity contribution >= 4 is 50.6 Å². The number of aryl methyl sites for hydroxylation is 2. The van der Waals surface area contributed by atoms with Gasteiger partial charge in [-0.15, -0.1) is 11.3 Å². The normalized spacial score (nSPS) is 10.9. The van der Waals surface area contributed by atoms with E-state index in [0.717, 1.165) is 26.6 Å².